The Morgan fingerprint density at radius 3 is 2.78 bits per heavy atom. The van der Waals surface area contributed by atoms with E-state index in [0.717, 1.165) is 19.4 Å². The lowest BCUT2D eigenvalue weighted by Gasteiger charge is -2.43. The van der Waals surface area contributed by atoms with Gasteiger partial charge in [-0.05, 0) is 43.2 Å². The van der Waals surface area contributed by atoms with E-state index in [1.807, 2.05) is 4.90 Å². The lowest BCUT2D eigenvalue weighted by atomic mass is 9.78. The standard InChI is InChI=1S/C12H16ClN3OS/c13-12-15-14-10(18-12)11(17)16-7-3-5-8-4-1-2-6-9(8)16/h8-9H,1-7H2/t8-,9-/m1/s1. The number of likely N-dealkylation sites (tertiary alicyclic amines) is 1. The lowest BCUT2D eigenvalue weighted by Crippen LogP contribution is -2.49. The molecule has 0 N–H and O–H groups in total. The molecule has 98 valence electrons. The van der Waals surface area contributed by atoms with Gasteiger partial charge in [-0.1, -0.05) is 24.2 Å². The van der Waals surface area contributed by atoms with Crippen LogP contribution in [0.1, 0.15) is 48.3 Å². The van der Waals surface area contributed by atoms with E-state index in [-0.39, 0.29) is 5.91 Å². The number of amides is 1. The molecule has 0 aromatic carbocycles. The molecule has 6 heteroatoms. The maximum Gasteiger partial charge on any atom is 0.285 e. The van der Waals surface area contributed by atoms with E-state index in [9.17, 15) is 4.79 Å². The van der Waals surface area contributed by atoms with Crippen LogP contribution in [0, 0.1) is 5.92 Å². The quantitative estimate of drug-likeness (QED) is 0.797. The van der Waals surface area contributed by atoms with E-state index < -0.39 is 0 Å². The molecule has 0 spiro atoms. The first-order valence-corrected chi connectivity index (χ1v) is 7.75. The first kappa shape index (κ1) is 12.4. The fourth-order valence-electron chi connectivity index (χ4n) is 3.29. The average molecular weight is 286 g/mol. The zero-order chi connectivity index (χ0) is 12.5. The van der Waals surface area contributed by atoms with Gasteiger partial charge in [0.25, 0.3) is 5.91 Å². The van der Waals surface area contributed by atoms with Gasteiger partial charge in [-0.3, -0.25) is 4.79 Å². The Balaban J connectivity index is 1.79. The summed E-state index contributed by atoms with van der Waals surface area (Å²) in [5.74, 6) is 0.718. The van der Waals surface area contributed by atoms with Crippen molar-refractivity contribution in [3.63, 3.8) is 0 Å². The third-order valence-electron chi connectivity index (χ3n) is 4.09. The lowest BCUT2D eigenvalue weighted by molar-refractivity contribution is 0.0389. The summed E-state index contributed by atoms with van der Waals surface area (Å²) in [5, 5.41) is 8.03. The first-order valence-electron chi connectivity index (χ1n) is 6.55. The third-order valence-corrected chi connectivity index (χ3v) is 5.09. The van der Waals surface area contributed by atoms with Gasteiger partial charge >= 0.3 is 0 Å². The highest BCUT2D eigenvalue weighted by molar-refractivity contribution is 7.17. The molecular formula is C12H16ClN3OS. The van der Waals surface area contributed by atoms with Gasteiger partial charge in [0.2, 0.25) is 9.47 Å². The topological polar surface area (TPSA) is 46.1 Å². The van der Waals surface area contributed by atoms with Gasteiger partial charge in [0.1, 0.15) is 0 Å². The number of nitrogens with zero attached hydrogens (tertiary/aromatic N) is 3. The van der Waals surface area contributed by atoms with Crippen molar-refractivity contribution in [1.82, 2.24) is 15.1 Å². The number of carbonyl (C=O) groups excluding carboxylic acids is 1. The van der Waals surface area contributed by atoms with Gasteiger partial charge in [-0.25, -0.2) is 0 Å². The van der Waals surface area contributed by atoms with Crippen LogP contribution in [0.25, 0.3) is 0 Å². The van der Waals surface area contributed by atoms with E-state index in [1.165, 1.54) is 37.0 Å². The molecule has 0 radical (unpaired) electrons. The Kier molecular flexibility index (Phi) is 3.52. The molecule has 18 heavy (non-hydrogen) atoms. The Morgan fingerprint density at radius 2 is 2.00 bits per heavy atom. The van der Waals surface area contributed by atoms with E-state index in [1.54, 1.807) is 0 Å². The number of hydrogen-bond acceptors (Lipinski definition) is 4. The van der Waals surface area contributed by atoms with Crippen LogP contribution < -0.4 is 0 Å². The largest absolute Gasteiger partial charge is 0.333 e. The number of hydrogen-bond donors (Lipinski definition) is 0. The molecule has 1 saturated carbocycles. The van der Waals surface area contributed by atoms with E-state index >= 15 is 0 Å². The molecule has 2 fully saturated rings. The second-order valence-electron chi connectivity index (χ2n) is 5.11. The molecule has 1 aliphatic heterocycles. The smallest absolute Gasteiger partial charge is 0.285 e. The Morgan fingerprint density at radius 1 is 1.22 bits per heavy atom. The second-order valence-corrected chi connectivity index (χ2v) is 6.67. The van der Waals surface area contributed by atoms with Crippen LogP contribution in [0.4, 0.5) is 0 Å². The molecule has 1 aliphatic carbocycles. The molecule has 3 rings (SSSR count). The van der Waals surface area contributed by atoms with Crippen molar-refractivity contribution in [1.29, 1.82) is 0 Å². The number of carbonyl (C=O) groups is 1. The maximum absolute atomic E-state index is 12.4. The Hall–Kier alpha value is -0.680. The summed E-state index contributed by atoms with van der Waals surface area (Å²) in [6, 6.07) is 0.419. The second kappa shape index (κ2) is 5.13. The maximum atomic E-state index is 12.4. The van der Waals surface area contributed by atoms with Crippen LogP contribution in [0.3, 0.4) is 0 Å². The van der Waals surface area contributed by atoms with Crippen molar-refractivity contribution in [2.45, 2.75) is 44.6 Å². The van der Waals surface area contributed by atoms with Gasteiger partial charge in [0.05, 0.1) is 0 Å². The van der Waals surface area contributed by atoms with Crippen molar-refractivity contribution in [3.05, 3.63) is 9.47 Å². The minimum absolute atomic E-state index is 0.0241. The van der Waals surface area contributed by atoms with Crippen molar-refractivity contribution in [3.8, 4) is 0 Å². The van der Waals surface area contributed by atoms with Crippen LogP contribution in [-0.2, 0) is 0 Å². The molecule has 1 amide bonds. The highest BCUT2D eigenvalue weighted by Gasteiger charge is 2.36. The summed E-state index contributed by atoms with van der Waals surface area (Å²) >= 11 is 6.94. The van der Waals surface area contributed by atoms with Gasteiger partial charge in [-0.2, -0.15) is 0 Å². The number of piperidine rings is 1. The molecule has 2 atom stereocenters. The first-order chi connectivity index (χ1) is 8.75. The minimum atomic E-state index is 0.0241. The van der Waals surface area contributed by atoms with Crippen molar-refractivity contribution >= 4 is 28.8 Å². The normalized spacial score (nSPS) is 27.9. The summed E-state index contributed by atoms with van der Waals surface area (Å²) in [7, 11) is 0. The van der Waals surface area contributed by atoms with E-state index in [2.05, 4.69) is 10.2 Å². The molecule has 0 bridgehead atoms. The van der Waals surface area contributed by atoms with Crippen LogP contribution in [0.5, 0.6) is 0 Å². The minimum Gasteiger partial charge on any atom is -0.333 e. The van der Waals surface area contributed by atoms with E-state index in [0.29, 0.717) is 21.4 Å². The fraction of sp³-hybridized carbons (Fsp3) is 0.750. The molecule has 0 unspecified atom stereocenters. The van der Waals surface area contributed by atoms with Crippen LogP contribution in [0.2, 0.25) is 4.47 Å². The van der Waals surface area contributed by atoms with Crippen LogP contribution >= 0.6 is 22.9 Å². The number of fused-ring (bicyclic) bond motifs is 1. The number of aromatic nitrogens is 2. The Labute approximate surface area is 115 Å². The highest BCUT2D eigenvalue weighted by Crippen LogP contribution is 2.36. The molecule has 2 aliphatic rings. The van der Waals surface area contributed by atoms with Crippen LogP contribution in [-0.4, -0.2) is 33.6 Å². The average Bonchev–Trinajstić information content (AvgIpc) is 2.84. The summed E-state index contributed by atoms with van der Waals surface area (Å²) in [6.45, 7) is 0.858. The monoisotopic (exact) mass is 285 g/mol. The van der Waals surface area contributed by atoms with E-state index in [4.69, 9.17) is 11.6 Å². The van der Waals surface area contributed by atoms with Crippen molar-refractivity contribution in [2.24, 2.45) is 5.92 Å². The molecular weight excluding hydrogens is 270 g/mol. The van der Waals surface area contributed by atoms with Gasteiger partial charge in [-0.15, -0.1) is 10.2 Å². The summed E-state index contributed by atoms with van der Waals surface area (Å²) in [4.78, 5) is 14.5. The zero-order valence-electron chi connectivity index (χ0n) is 10.1. The van der Waals surface area contributed by atoms with Crippen molar-refractivity contribution < 1.29 is 4.79 Å². The number of halogens is 1. The van der Waals surface area contributed by atoms with Gasteiger partial charge in [0, 0.05) is 12.6 Å². The number of rotatable bonds is 1. The summed E-state index contributed by atoms with van der Waals surface area (Å²) in [6.07, 6.45) is 7.34. The third kappa shape index (κ3) is 2.26. The van der Waals surface area contributed by atoms with Crippen LogP contribution in [0.15, 0.2) is 0 Å². The SMILES string of the molecule is O=C(c1nnc(Cl)s1)N1CCC[C@H]2CCCC[C@H]21. The zero-order valence-corrected chi connectivity index (χ0v) is 11.7. The van der Waals surface area contributed by atoms with Gasteiger partial charge in [0.15, 0.2) is 0 Å². The summed E-state index contributed by atoms with van der Waals surface area (Å²) in [5.41, 5.74) is 0. The van der Waals surface area contributed by atoms with Gasteiger partial charge < -0.3 is 4.90 Å². The molecule has 4 nitrogen and oxygen atoms in total. The molecule has 1 saturated heterocycles. The Bertz CT molecular complexity index is 448. The summed E-state index contributed by atoms with van der Waals surface area (Å²) < 4.78 is 0.343. The fourth-order valence-corrected chi connectivity index (χ4v) is 4.08. The predicted octanol–water partition coefficient (Wildman–Crippen LogP) is 2.99. The van der Waals surface area contributed by atoms with Crippen molar-refractivity contribution in [2.75, 3.05) is 6.54 Å². The molecule has 1 aromatic rings. The predicted molar refractivity (Wildman–Crippen MR) is 70.9 cm³/mol. The highest BCUT2D eigenvalue weighted by atomic mass is 35.5. The molecule has 1 aromatic heterocycles. The molecule has 2 heterocycles.